The summed E-state index contributed by atoms with van der Waals surface area (Å²) in [6.07, 6.45) is 1.43. The van der Waals surface area contributed by atoms with Gasteiger partial charge in [-0.1, -0.05) is 0 Å². The number of rotatable bonds is 3. The zero-order valence-corrected chi connectivity index (χ0v) is 8.15. The minimum atomic E-state index is -0.998. The lowest BCUT2D eigenvalue weighted by atomic mass is 10.3. The molecule has 5 nitrogen and oxygen atoms in total. The molecule has 78 valence electrons. The fourth-order valence-corrected chi connectivity index (χ4v) is 1.37. The van der Waals surface area contributed by atoms with E-state index < -0.39 is 5.97 Å². The molecule has 0 saturated carbocycles. The number of nitrogens with zero attached hydrogens (tertiary/aromatic N) is 1. The van der Waals surface area contributed by atoms with Crippen LogP contribution in [0, 0.1) is 0 Å². The molecule has 2 heterocycles. The zero-order valence-electron chi connectivity index (χ0n) is 8.15. The quantitative estimate of drug-likeness (QED) is 0.800. The van der Waals surface area contributed by atoms with Crippen molar-refractivity contribution in [3.63, 3.8) is 0 Å². The van der Waals surface area contributed by atoms with E-state index in [1.165, 1.54) is 6.20 Å². The predicted octanol–water partition coefficient (Wildman–Crippen LogP) is 1.66. The van der Waals surface area contributed by atoms with Crippen LogP contribution in [-0.4, -0.2) is 27.7 Å². The lowest BCUT2D eigenvalue weighted by molar-refractivity contribution is 0.0699. The van der Waals surface area contributed by atoms with E-state index in [1.807, 2.05) is 6.92 Å². The largest absolute Gasteiger partial charge is 0.478 e. The van der Waals surface area contributed by atoms with Crippen LogP contribution in [-0.2, 0) is 0 Å². The third kappa shape index (κ3) is 1.63. The summed E-state index contributed by atoms with van der Waals surface area (Å²) in [7, 11) is 0. The molecule has 0 aliphatic rings. The summed E-state index contributed by atoms with van der Waals surface area (Å²) in [4.78, 5) is 17.8. The molecule has 2 aromatic heterocycles. The Bertz CT molecular complexity index is 504. The van der Waals surface area contributed by atoms with E-state index in [-0.39, 0.29) is 5.56 Å². The van der Waals surface area contributed by atoms with Gasteiger partial charge >= 0.3 is 5.97 Å². The number of carboxylic acids is 1. The molecule has 0 aliphatic heterocycles. The van der Waals surface area contributed by atoms with E-state index in [9.17, 15) is 4.79 Å². The highest BCUT2D eigenvalue weighted by Crippen LogP contribution is 2.19. The fourth-order valence-electron chi connectivity index (χ4n) is 1.37. The molecule has 0 fully saturated rings. The first-order valence-corrected chi connectivity index (χ1v) is 4.56. The molecule has 15 heavy (non-hydrogen) atoms. The maximum atomic E-state index is 10.8. The van der Waals surface area contributed by atoms with Gasteiger partial charge < -0.3 is 14.8 Å². The number of ether oxygens (including phenoxy) is 1. The summed E-state index contributed by atoms with van der Waals surface area (Å²) in [5.41, 5.74) is 1.27. The normalized spacial score (nSPS) is 10.5. The first-order valence-electron chi connectivity index (χ1n) is 4.56. The van der Waals surface area contributed by atoms with Crippen molar-refractivity contribution < 1.29 is 14.6 Å². The van der Waals surface area contributed by atoms with Crippen molar-refractivity contribution in [3.05, 3.63) is 23.9 Å². The van der Waals surface area contributed by atoms with E-state index in [1.54, 1.807) is 12.1 Å². The first kappa shape index (κ1) is 9.51. The summed E-state index contributed by atoms with van der Waals surface area (Å²) in [5.74, 6) is -0.561. The van der Waals surface area contributed by atoms with Crippen LogP contribution in [0.25, 0.3) is 11.0 Å². The van der Waals surface area contributed by atoms with Gasteiger partial charge in [-0.15, -0.1) is 0 Å². The summed E-state index contributed by atoms with van der Waals surface area (Å²) >= 11 is 0. The smallest absolute Gasteiger partial charge is 0.339 e. The first-order chi connectivity index (χ1) is 7.22. The highest BCUT2D eigenvalue weighted by Gasteiger charge is 2.12. The summed E-state index contributed by atoms with van der Waals surface area (Å²) in [5, 5.41) is 8.89. The number of carbonyl (C=O) groups is 1. The average Bonchev–Trinajstić information content (AvgIpc) is 2.61. The topological polar surface area (TPSA) is 75.2 Å². The minimum absolute atomic E-state index is 0.159. The monoisotopic (exact) mass is 206 g/mol. The number of aromatic nitrogens is 2. The van der Waals surface area contributed by atoms with Crippen LogP contribution in [0.4, 0.5) is 0 Å². The molecule has 0 atom stereocenters. The van der Waals surface area contributed by atoms with Crippen molar-refractivity contribution in [2.24, 2.45) is 0 Å². The standard InChI is InChI=1S/C10H10N2O3/c1-2-15-8-4-3-7-9(12-8)6(5-11-7)10(13)14/h3-5,11H,2H2,1H3,(H,13,14). The van der Waals surface area contributed by atoms with Gasteiger partial charge in [-0.2, -0.15) is 0 Å². The molecule has 5 heteroatoms. The van der Waals surface area contributed by atoms with Gasteiger partial charge in [0.05, 0.1) is 12.1 Å². The van der Waals surface area contributed by atoms with Crippen molar-refractivity contribution >= 4 is 17.0 Å². The molecular weight excluding hydrogens is 196 g/mol. The number of hydrogen-bond acceptors (Lipinski definition) is 3. The van der Waals surface area contributed by atoms with Gasteiger partial charge in [-0.25, -0.2) is 9.78 Å². The number of pyridine rings is 1. The summed E-state index contributed by atoms with van der Waals surface area (Å²) < 4.78 is 5.20. The summed E-state index contributed by atoms with van der Waals surface area (Å²) in [6.45, 7) is 2.35. The van der Waals surface area contributed by atoms with Gasteiger partial charge in [0.1, 0.15) is 11.1 Å². The zero-order chi connectivity index (χ0) is 10.8. The van der Waals surface area contributed by atoms with Gasteiger partial charge in [0, 0.05) is 12.3 Å². The molecule has 0 saturated heterocycles. The second-order valence-corrected chi connectivity index (χ2v) is 2.99. The molecule has 2 aromatic rings. The van der Waals surface area contributed by atoms with E-state index >= 15 is 0 Å². The Morgan fingerprint density at radius 3 is 3.07 bits per heavy atom. The van der Waals surface area contributed by atoms with Crippen LogP contribution >= 0.6 is 0 Å². The third-order valence-electron chi connectivity index (χ3n) is 2.02. The van der Waals surface area contributed by atoms with Crippen LogP contribution in [0.3, 0.4) is 0 Å². The fraction of sp³-hybridized carbons (Fsp3) is 0.200. The van der Waals surface area contributed by atoms with Crippen LogP contribution in [0.15, 0.2) is 18.3 Å². The van der Waals surface area contributed by atoms with Gasteiger partial charge in [-0.05, 0) is 13.0 Å². The van der Waals surface area contributed by atoms with Crippen molar-refractivity contribution in [3.8, 4) is 5.88 Å². The molecule has 0 unspecified atom stereocenters. The van der Waals surface area contributed by atoms with E-state index in [2.05, 4.69) is 9.97 Å². The number of hydrogen-bond donors (Lipinski definition) is 2. The second-order valence-electron chi connectivity index (χ2n) is 2.99. The van der Waals surface area contributed by atoms with Crippen LogP contribution < -0.4 is 4.74 Å². The van der Waals surface area contributed by atoms with Crippen molar-refractivity contribution in [1.29, 1.82) is 0 Å². The number of H-pyrrole nitrogens is 1. The van der Waals surface area contributed by atoms with Crippen LogP contribution in [0.1, 0.15) is 17.3 Å². The van der Waals surface area contributed by atoms with Gasteiger partial charge in [0.25, 0.3) is 0 Å². The average molecular weight is 206 g/mol. The van der Waals surface area contributed by atoms with Crippen molar-refractivity contribution in [2.45, 2.75) is 6.92 Å². The molecule has 0 aliphatic carbocycles. The molecular formula is C10H10N2O3. The molecule has 2 N–H and O–H groups in total. The third-order valence-corrected chi connectivity index (χ3v) is 2.02. The Labute approximate surface area is 85.7 Å². The summed E-state index contributed by atoms with van der Waals surface area (Å²) in [6, 6.07) is 3.45. The predicted molar refractivity (Wildman–Crippen MR) is 54.2 cm³/mol. The number of aromatic carboxylic acids is 1. The molecule has 0 amide bonds. The molecule has 0 radical (unpaired) electrons. The maximum absolute atomic E-state index is 10.8. The maximum Gasteiger partial charge on any atom is 0.339 e. The van der Waals surface area contributed by atoms with E-state index in [0.29, 0.717) is 23.5 Å². The lowest BCUT2D eigenvalue weighted by Gasteiger charge is -2.01. The highest BCUT2D eigenvalue weighted by atomic mass is 16.5. The Morgan fingerprint density at radius 1 is 1.60 bits per heavy atom. The van der Waals surface area contributed by atoms with Crippen LogP contribution in [0.5, 0.6) is 5.88 Å². The number of fused-ring (bicyclic) bond motifs is 1. The Kier molecular flexibility index (Phi) is 2.29. The van der Waals surface area contributed by atoms with Crippen molar-refractivity contribution in [2.75, 3.05) is 6.61 Å². The van der Waals surface area contributed by atoms with E-state index in [4.69, 9.17) is 9.84 Å². The molecule has 0 aromatic carbocycles. The Morgan fingerprint density at radius 2 is 2.40 bits per heavy atom. The number of nitrogens with one attached hydrogen (secondary N) is 1. The van der Waals surface area contributed by atoms with Gasteiger partial charge in [0.15, 0.2) is 0 Å². The highest BCUT2D eigenvalue weighted by molar-refractivity contribution is 6.01. The SMILES string of the molecule is CCOc1ccc2[nH]cc(C(=O)O)c2n1. The van der Waals surface area contributed by atoms with Gasteiger partial charge in [-0.3, -0.25) is 0 Å². The minimum Gasteiger partial charge on any atom is -0.478 e. The molecule has 0 bridgehead atoms. The number of aromatic amines is 1. The van der Waals surface area contributed by atoms with Gasteiger partial charge in [0.2, 0.25) is 5.88 Å². The molecule has 2 rings (SSSR count). The molecule has 0 spiro atoms. The Hall–Kier alpha value is -2.04. The second kappa shape index (κ2) is 3.61. The Balaban J connectivity index is 2.56. The van der Waals surface area contributed by atoms with Crippen molar-refractivity contribution in [1.82, 2.24) is 9.97 Å². The van der Waals surface area contributed by atoms with Crippen LogP contribution in [0.2, 0.25) is 0 Å². The lowest BCUT2D eigenvalue weighted by Crippen LogP contribution is -1.97. The number of carboxylic acid groups (broad SMARTS) is 1. The van der Waals surface area contributed by atoms with E-state index in [0.717, 1.165) is 0 Å².